The zero-order valence-electron chi connectivity index (χ0n) is 12.0. The summed E-state index contributed by atoms with van der Waals surface area (Å²) in [5.41, 5.74) is 0. The molecule has 1 N–H and O–H groups in total. The third-order valence-corrected chi connectivity index (χ3v) is 6.80. The Morgan fingerprint density at radius 2 is 1.96 bits per heavy atom. The maximum absolute atomic E-state index is 12.5. The van der Waals surface area contributed by atoms with Crippen LogP contribution in [-0.2, 0) is 10.0 Å². The van der Waals surface area contributed by atoms with Crippen LogP contribution in [0.2, 0.25) is 0 Å². The fourth-order valence-corrected chi connectivity index (χ4v) is 5.14. The Morgan fingerprint density at radius 3 is 2.61 bits per heavy atom. The van der Waals surface area contributed by atoms with E-state index in [2.05, 4.69) is 20.7 Å². The average molecular weight is 412 g/mol. The number of benzene rings is 1. The van der Waals surface area contributed by atoms with Crippen LogP contribution in [0.25, 0.3) is 0 Å². The molecule has 3 rings (SSSR count). The van der Waals surface area contributed by atoms with E-state index in [-0.39, 0.29) is 17.4 Å². The lowest BCUT2D eigenvalue weighted by Crippen LogP contribution is -2.29. The van der Waals surface area contributed by atoms with Gasteiger partial charge in [-0.25, -0.2) is 13.1 Å². The highest BCUT2D eigenvalue weighted by Crippen LogP contribution is 2.29. The van der Waals surface area contributed by atoms with Crippen LogP contribution in [0.4, 0.5) is 0 Å². The smallest absolute Gasteiger partial charge is 0.241 e. The van der Waals surface area contributed by atoms with Gasteiger partial charge in [0.25, 0.3) is 0 Å². The second kappa shape index (κ2) is 7.00. The predicted molar refractivity (Wildman–Crippen MR) is 94.2 cm³/mol. The lowest BCUT2D eigenvalue weighted by molar-refractivity contribution is 0.483. The summed E-state index contributed by atoms with van der Waals surface area (Å²) in [5, 5.41) is 1.97. The Labute approximate surface area is 147 Å². The zero-order chi connectivity index (χ0) is 16.3. The van der Waals surface area contributed by atoms with E-state index in [0.29, 0.717) is 4.47 Å². The maximum Gasteiger partial charge on any atom is 0.241 e. The molecule has 0 aliphatic rings. The van der Waals surface area contributed by atoms with E-state index >= 15 is 0 Å². The molecule has 2 heterocycles. The minimum absolute atomic E-state index is 0.151. The van der Waals surface area contributed by atoms with Crippen molar-refractivity contribution in [1.82, 2.24) is 4.72 Å². The molecule has 0 saturated carbocycles. The van der Waals surface area contributed by atoms with Crippen molar-refractivity contribution >= 4 is 37.3 Å². The second-order valence-electron chi connectivity index (χ2n) is 4.87. The Hall–Kier alpha value is -1.41. The molecular formula is C16H14BrNO3S2. The van der Waals surface area contributed by atoms with Crippen molar-refractivity contribution in [1.29, 1.82) is 0 Å². The summed E-state index contributed by atoms with van der Waals surface area (Å²) in [6.07, 6.45) is 1.60. The molecule has 0 fully saturated rings. The van der Waals surface area contributed by atoms with E-state index in [1.807, 2.05) is 23.6 Å². The lowest BCUT2D eigenvalue weighted by Gasteiger charge is -2.15. The molecule has 0 saturated heterocycles. The summed E-state index contributed by atoms with van der Waals surface area (Å²) >= 11 is 4.86. The van der Waals surface area contributed by atoms with Crippen LogP contribution >= 0.6 is 27.3 Å². The van der Waals surface area contributed by atoms with Gasteiger partial charge < -0.3 is 4.42 Å². The number of nitrogens with one attached hydrogen (secondary N) is 1. The summed E-state index contributed by atoms with van der Waals surface area (Å²) in [6, 6.07) is 14.3. The van der Waals surface area contributed by atoms with Gasteiger partial charge in [-0.15, -0.1) is 11.3 Å². The molecule has 120 valence electrons. The van der Waals surface area contributed by atoms with Gasteiger partial charge in [-0.3, -0.25) is 0 Å². The van der Waals surface area contributed by atoms with Crippen molar-refractivity contribution in [2.24, 2.45) is 0 Å². The molecule has 1 atom stereocenters. The van der Waals surface area contributed by atoms with Crippen molar-refractivity contribution in [2.75, 3.05) is 6.54 Å². The normalized spacial score (nSPS) is 13.1. The topological polar surface area (TPSA) is 59.3 Å². The molecule has 1 aromatic carbocycles. The number of hydrogen-bond acceptors (Lipinski definition) is 4. The average Bonchev–Trinajstić information content (AvgIpc) is 3.21. The van der Waals surface area contributed by atoms with Crippen LogP contribution in [0.1, 0.15) is 16.6 Å². The van der Waals surface area contributed by atoms with E-state index < -0.39 is 10.0 Å². The number of sulfonamides is 1. The number of rotatable bonds is 6. The Balaban J connectivity index is 1.84. The second-order valence-corrected chi connectivity index (χ2v) is 8.43. The molecule has 0 spiro atoms. The van der Waals surface area contributed by atoms with Crippen molar-refractivity contribution in [3.63, 3.8) is 0 Å². The summed E-state index contributed by atoms with van der Waals surface area (Å²) in [6.45, 7) is 0.234. The van der Waals surface area contributed by atoms with Crippen molar-refractivity contribution in [2.45, 2.75) is 10.8 Å². The van der Waals surface area contributed by atoms with Crippen LogP contribution in [0, 0.1) is 0 Å². The maximum atomic E-state index is 12.5. The third-order valence-electron chi connectivity index (χ3n) is 3.38. The van der Waals surface area contributed by atoms with Crippen LogP contribution in [0.3, 0.4) is 0 Å². The first kappa shape index (κ1) is 16.4. The molecular weight excluding hydrogens is 398 g/mol. The van der Waals surface area contributed by atoms with Crippen molar-refractivity contribution in [3.8, 4) is 0 Å². The molecule has 0 amide bonds. The fraction of sp³-hybridized carbons (Fsp3) is 0.125. The SMILES string of the molecule is O=S(=O)(NCC(c1ccco1)c1cccs1)c1ccccc1Br. The molecule has 0 aliphatic carbocycles. The molecule has 2 aromatic heterocycles. The summed E-state index contributed by atoms with van der Waals surface area (Å²) in [5.74, 6) is 0.588. The highest BCUT2D eigenvalue weighted by molar-refractivity contribution is 9.10. The molecule has 4 nitrogen and oxygen atoms in total. The molecule has 1 unspecified atom stereocenters. The first-order valence-corrected chi connectivity index (χ1v) is 10.0. The lowest BCUT2D eigenvalue weighted by atomic mass is 10.1. The number of hydrogen-bond donors (Lipinski definition) is 1. The molecule has 0 radical (unpaired) electrons. The zero-order valence-corrected chi connectivity index (χ0v) is 15.2. The summed E-state index contributed by atoms with van der Waals surface area (Å²) in [7, 11) is -3.60. The summed E-state index contributed by atoms with van der Waals surface area (Å²) in [4.78, 5) is 1.28. The Bertz CT molecular complexity index is 824. The van der Waals surface area contributed by atoms with Crippen LogP contribution < -0.4 is 4.72 Å². The summed E-state index contributed by atoms with van der Waals surface area (Å²) < 4.78 is 33.8. The molecule has 0 aliphatic heterocycles. The van der Waals surface area contributed by atoms with Gasteiger partial charge in [-0.2, -0.15) is 0 Å². The number of halogens is 1. The van der Waals surface area contributed by atoms with Gasteiger partial charge in [0.15, 0.2) is 0 Å². The van der Waals surface area contributed by atoms with E-state index in [0.717, 1.165) is 10.6 Å². The van der Waals surface area contributed by atoms with Gasteiger partial charge in [0.1, 0.15) is 5.76 Å². The Morgan fingerprint density at radius 1 is 1.13 bits per heavy atom. The van der Waals surface area contributed by atoms with Crippen LogP contribution in [-0.4, -0.2) is 15.0 Å². The first-order valence-electron chi connectivity index (χ1n) is 6.89. The van der Waals surface area contributed by atoms with Crippen molar-refractivity contribution in [3.05, 3.63) is 75.3 Å². The minimum Gasteiger partial charge on any atom is -0.469 e. The Kier molecular flexibility index (Phi) is 5.01. The van der Waals surface area contributed by atoms with Gasteiger partial charge in [-0.1, -0.05) is 18.2 Å². The number of furan rings is 1. The van der Waals surface area contributed by atoms with Crippen molar-refractivity contribution < 1.29 is 12.8 Å². The molecule has 3 aromatic rings. The molecule has 23 heavy (non-hydrogen) atoms. The monoisotopic (exact) mass is 411 g/mol. The predicted octanol–water partition coefficient (Wildman–Crippen LogP) is 4.21. The van der Waals surface area contributed by atoms with E-state index in [1.165, 1.54) is 0 Å². The third kappa shape index (κ3) is 3.74. The van der Waals surface area contributed by atoms with Gasteiger partial charge in [0.05, 0.1) is 17.1 Å². The number of thiophene rings is 1. The molecule has 0 bridgehead atoms. The van der Waals surface area contributed by atoms with E-state index in [4.69, 9.17) is 4.42 Å². The fourth-order valence-electron chi connectivity index (χ4n) is 2.25. The van der Waals surface area contributed by atoms with Gasteiger partial charge in [0, 0.05) is 15.9 Å². The van der Waals surface area contributed by atoms with Crippen LogP contribution in [0.15, 0.2) is 74.0 Å². The van der Waals surface area contributed by atoms with E-state index in [1.54, 1.807) is 47.9 Å². The van der Waals surface area contributed by atoms with Gasteiger partial charge in [0.2, 0.25) is 10.0 Å². The standard InChI is InChI=1S/C16H14BrNO3S2/c17-13-5-1-2-8-16(13)23(19,20)18-11-12(14-6-3-9-21-14)15-7-4-10-22-15/h1-10,12,18H,11H2. The van der Waals surface area contributed by atoms with Gasteiger partial charge >= 0.3 is 0 Å². The highest BCUT2D eigenvalue weighted by Gasteiger charge is 2.23. The largest absolute Gasteiger partial charge is 0.469 e. The minimum atomic E-state index is -3.60. The van der Waals surface area contributed by atoms with Gasteiger partial charge in [-0.05, 0) is 51.6 Å². The van der Waals surface area contributed by atoms with E-state index in [9.17, 15) is 8.42 Å². The quantitative estimate of drug-likeness (QED) is 0.660. The molecule has 7 heteroatoms. The highest BCUT2D eigenvalue weighted by atomic mass is 79.9. The van der Waals surface area contributed by atoms with Crippen LogP contribution in [0.5, 0.6) is 0 Å². The first-order chi connectivity index (χ1) is 11.1.